The summed E-state index contributed by atoms with van der Waals surface area (Å²) in [5.41, 5.74) is 1.43. The monoisotopic (exact) mass is 191 g/mol. The van der Waals surface area contributed by atoms with E-state index in [1.54, 1.807) is 13.1 Å². The molecule has 0 heterocycles. The zero-order valence-electron chi connectivity index (χ0n) is 8.12. The van der Waals surface area contributed by atoms with Crippen LogP contribution in [0.5, 0.6) is 5.75 Å². The molecule has 1 saturated carbocycles. The van der Waals surface area contributed by atoms with E-state index in [4.69, 9.17) is 4.74 Å². The zero-order valence-corrected chi connectivity index (χ0v) is 8.12. The van der Waals surface area contributed by atoms with E-state index < -0.39 is 0 Å². The lowest BCUT2D eigenvalue weighted by Gasteiger charge is -2.11. The van der Waals surface area contributed by atoms with Gasteiger partial charge in [-0.15, -0.1) is 0 Å². The van der Waals surface area contributed by atoms with Gasteiger partial charge in [0.2, 0.25) is 0 Å². The molecule has 0 spiro atoms. The molecule has 0 bridgehead atoms. The molecule has 0 aliphatic heterocycles. The maximum absolute atomic E-state index is 10.7. The minimum Gasteiger partial charge on any atom is -0.488 e. The summed E-state index contributed by atoms with van der Waals surface area (Å²) >= 11 is 0. The SMILES string of the molecule is CNc1c(C=O)cccc1OC1CC1. The van der Waals surface area contributed by atoms with E-state index in [2.05, 4.69) is 5.32 Å². The highest BCUT2D eigenvalue weighted by atomic mass is 16.5. The van der Waals surface area contributed by atoms with Gasteiger partial charge in [-0.05, 0) is 25.0 Å². The van der Waals surface area contributed by atoms with Crippen LogP contribution >= 0.6 is 0 Å². The van der Waals surface area contributed by atoms with Gasteiger partial charge < -0.3 is 10.1 Å². The standard InChI is InChI=1S/C11H13NO2/c1-12-11-8(7-13)3-2-4-10(11)14-9-5-6-9/h2-4,7,9,12H,5-6H2,1H3. The molecule has 1 aliphatic rings. The molecule has 3 heteroatoms. The van der Waals surface area contributed by atoms with Crippen LogP contribution in [0.15, 0.2) is 18.2 Å². The van der Waals surface area contributed by atoms with E-state index in [0.29, 0.717) is 11.7 Å². The first kappa shape index (κ1) is 9.06. The Labute approximate surface area is 83.1 Å². The molecule has 74 valence electrons. The number of rotatable bonds is 4. The van der Waals surface area contributed by atoms with Crippen molar-refractivity contribution in [1.29, 1.82) is 0 Å². The van der Waals surface area contributed by atoms with Crippen molar-refractivity contribution in [2.75, 3.05) is 12.4 Å². The molecule has 0 radical (unpaired) electrons. The second kappa shape index (κ2) is 3.70. The predicted octanol–water partition coefficient (Wildman–Crippen LogP) is 2.08. The summed E-state index contributed by atoms with van der Waals surface area (Å²) in [6, 6.07) is 5.50. The number of benzene rings is 1. The fourth-order valence-corrected chi connectivity index (χ4v) is 1.38. The van der Waals surface area contributed by atoms with Gasteiger partial charge in [0.15, 0.2) is 6.29 Å². The fraction of sp³-hybridized carbons (Fsp3) is 0.364. The number of aldehydes is 1. The first-order valence-electron chi connectivity index (χ1n) is 4.77. The Bertz CT molecular complexity index is 345. The van der Waals surface area contributed by atoms with Crippen molar-refractivity contribution in [2.45, 2.75) is 18.9 Å². The summed E-state index contributed by atoms with van der Waals surface area (Å²) in [4.78, 5) is 10.7. The van der Waals surface area contributed by atoms with Crippen molar-refractivity contribution >= 4 is 12.0 Å². The van der Waals surface area contributed by atoms with E-state index >= 15 is 0 Å². The van der Waals surface area contributed by atoms with Crippen molar-refractivity contribution in [3.05, 3.63) is 23.8 Å². The van der Waals surface area contributed by atoms with Gasteiger partial charge in [0.25, 0.3) is 0 Å². The lowest BCUT2D eigenvalue weighted by Crippen LogP contribution is -2.02. The number of hydrogen-bond acceptors (Lipinski definition) is 3. The number of nitrogens with one attached hydrogen (secondary N) is 1. The molecule has 0 amide bonds. The van der Waals surface area contributed by atoms with Crippen LogP contribution < -0.4 is 10.1 Å². The van der Waals surface area contributed by atoms with E-state index in [1.165, 1.54) is 0 Å². The second-order valence-corrected chi connectivity index (χ2v) is 3.41. The highest BCUT2D eigenvalue weighted by molar-refractivity contribution is 5.86. The average molecular weight is 191 g/mol. The molecular weight excluding hydrogens is 178 g/mol. The first-order valence-corrected chi connectivity index (χ1v) is 4.77. The molecule has 1 fully saturated rings. The van der Waals surface area contributed by atoms with E-state index in [9.17, 15) is 4.79 Å². The van der Waals surface area contributed by atoms with Crippen LogP contribution in [-0.4, -0.2) is 19.4 Å². The minimum atomic E-state index is 0.351. The van der Waals surface area contributed by atoms with Gasteiger partial charge in [-0.3, -0.25) is 4.79 Å². The molecule has 0 unspecified atom stereocenters. The average Bonchev–Trinajstić information content (AvgIpc) is 3.01. The molecule has 14 heavy (non-hydrogen) atoms. The third-order valence-corrected chi connectivity index (χ3v) is 2.25. The highest BCUT2D eigenvalue weighted by Crippen LogP contribution is 2.33. The van der Waals surface area contributed by atoms with E-state index in [-0.39, 0.29) is 0 Å². The molecule has 1 aromatic rings. The van der Waals surface area contributed by atoms with Crippen molar-refractivity contribution in [3.8, 4) is 5.75 Å². The molecule has 0 atom stereocenters. The smallest absolute Gasteiger partial charge is 0.152 e. The van der Waals surface area contributed by atoms with E-state index in [0.717, 1.165) is 30.6 Å². The van der Waals surface area contributed by atoms with Gasteiger partial charge in [-0.1, -0.05) is 6.07 Å². The topological polar surface area (TPSA) is 38.3 Å². The quantitative estimate of drug-likeness (QED) is 0.740. The Morgan fingerprint density at radius 1 is 1.50 bits per heavy atom. The summed E-state index contributed by atoms with van der Waals surface area (Å²) in [5.74, 6) is 0.777. The highest BCUT2D eigenvalue weighted by Gasteiger charge is 2.24. The van der Waals surface area contributed by atoms with Gasteiger partial charge in [0.05, 0.1) is 11.8 Å². The summed E-state index contributed by atoms with van der Waals surface area (Å²) in [6.45, 7) is 0. The van der Waals surface area contributed by atoms with Crippen molar-refractivity contribution in [3.63, 3.8) is 0 Å². The maximum atomic E-state index is 10.7. The Hall–Kier alpha value is -1.51. The number of ether oxygens (including phenoxy) is 1. The number of anilines is 1. The van der Waals surface area contributed by atoms with Gasteiger partial charge in [0.1, 0.15) is 5.75 Å². The Balaban J connectivity index is 2.30. The summed E-state index contributed by atoms with van der Waals surface area (Å²) in [6.07, 6.45) is 3.43. The number of carbonyl (C=O) groups excluding carboxylic acids is 1. The molecule has 1 aliphatic carbocycles. The number of hydrogen-bond donors (Lipinski definition) is 1. The van der Waals surface area contributed by atoms with E-state index in [1.807, 2.05) is 12.1 Å². The third-order valence-electron chi connectivity index (χ3n) is 2.25. The van der Waals surface area contributed by atoms with Gasteiger partial charge >= 0.3 is 0 Å². The van der Waals surface area contributed by atoms with Crippen molar-refractivity contribution < 1.29 is 9.53 Å². The Morgan fingerprint density at radius 2 is 2.29 bits per heavy atom. The molecule has 2 rings (SSSR count). The second-order valence-electron chi connectivity index (χ2n) is 3.41. The number of para-hydroxylation sites is 1. The Morgan fingerprint density at radius 3 is 2.86 bits per heavy atom. The normalized spacial score (nSPS) is 14.9. The van der Waals surface area contributed by atoms with Crippen LogP contribution in [0.4, 0.5) is 5.69 Å². The first-order chi connectivity index (χ1) is 6.85. The molecular formula is C11H13NO2. The summed E-state index contributed by atoms with van der Waals surface area (Å²) in [5, 5.41) is 2.99. The largest absolute Gasteiger partial charge is 0.488 e. The fourth-order valence-electron chi connectivity index (χ4n) is 1.38. The molecule has 0 saturated heterocycles. The van der Waals surface area contributed by atoms with Gasteiger partial charge in [-0.25, -0.2) is 0 Å². The summed E-state index contributed by atoms with van der Waals surface area (Å²) < 4.78 is 5.67. The predicted molar refractivity (Wildman–Crippen MR) is 55.0 cm³/mol. The summed E-state index contributed by atoms with van der Waals surface area (Å²) in [7, 11) is 1.79. The molecule has 1 N–H and O–H groups in total. The zero-order chi connectivity index (χ0) is 9.97. The van der Waals surface area contributed by atoms with Gasteiger partial charge in [-0.2, -0.15) is 0 Å². The van der Waals surface area contributed by atoms with Crippen LogP contribution in [0.25, 0.3) is 0 Å². The van der Waals surface area contributed by atoms with Crippen LogP contribution in [0, 0.1) is 0 Å². The van der Waals surface area contributed by atoms with Crippen LogP contribution in [0.1, 0.15) is 23.2 Å². The number of carbonyl (C=O) groups is 1. The van der Waals surface area contributed by atoms with Gasteiger partial charge in [0, 0.05) is 12.6 Å². The van der Waals surface area contributed by atoms with Crippen LogP contribution in [0.2, 0.25) is 0 Å². The lowest BCUT2D eigenvalue weighted by molar-refractivity contribution is 0.112. The van der Waals surface area contributed by atoms with Crippen LogP contribution in [0.3, 0.4) is 0 Å². The molecule has 3 nitrogen and oxygen atoms in total. The van der Waals surface area contributed by atoms with Crippen molar-refractivity contribution in [1.82, 2.24) is 0 Å². The van der Waals surface area contributed by atoms with Crippen LogP contribution in [-0.2, 0) is 0 Å². The van der Waals surface area contributed by atoms with Crippen molar-refractivity contribution in [2.24, 2.45) is 0 Å². The minimum absolute atomic E-state index is 0.351. The lowest BCUT2D eigenvalue weighted by atomic mass is 10.2. The maximum Gasteiger partial charge on any atom is 0.152 e. The Kier molecular flexibility index (Phi) is 2.39. The molecule has 0 aromatic heterocycles. The third kappa shape index (κ3) is 1.71. The molecule has 1 aromatic carbocycles.